The van der Waals surface area contributed by atoms with E-state index in [0.717, 1.165) is 6.07 Å². The van der Waals surface area contributed by atoms with Gasteiger partial charge in [-0.3, -0.25) is 14.9 Å². The van der Waals surface area contributed by atoms with Crippen molar-refractivity contribution in [2.24, 2.45) is 0 Å². The first kappa shape index (κ1) is 18.8. The fourth-order valence-electron chi connectivity index (χ4n) is 2.38. The summed E-state index contributed by atoms with van der Waals surface area (Å²) >= 11 is 0. The highest BCUT2D eigenvalue weighted by Crippen LogP contribution is 2.34. The predicted octanol–water partition coefficient (Wildman–Crippen LogP) is 2.26. The Morgan fingerprint density at radius 1 is 1.15 bits per heavy atom. The van der Waals surface area contributed by atoms with Gasteiger partial charge in [0, 0.05) is 18.2 Å². The predicted molar refractivity (Wildman–Crippen MR) is 92.0 cm³/mol. The van der Waals surface area contributed by atoms with E-state index in [9.17, 15) is 20.0 Å². The Morgan fingerprint density at radius 2 is 1.77 bits per heavy atom. The van der Waals surface area contributed by atoms with E-state index in [2.05, 4.69) is 5.32 Å². The number of amides is 1. The molecule has 9 nitrogen and oxygen atoms in total. The molecular formula is C17H18N2O7. The standard InChI is InChI=1S/C17H18N2O7/c1-24-10-7-14(25-2)12(15(8-10)26-3)9-18-17(21)11-5-4-6-13(16(11)20)19(22)23/h4-8,20H,9H2,1-3H3,(H,18,21). The third kappa shape index (κ3) is 3.77. The van der Waals surface area contributed by atoms with E-state index in [1.165, 1.54) is 33.5 Å². The van der Waals surface area contributed by atoms with E-state index in [0.29, 0.717) is 22.8 Å². The minimum Gasteiger partial charge on any atom is -0.502 e. The van der Waals surface area contributed by atoms with Gasteiger partial charge in [0.05, 0.1) is 43.9 Å². The lowest BCUT2D eigenvalue weighted by molar-refractivity contribution is -0.385. The summed E-state index contributed by atoms with van der Waals surface area (Å²) in [5.41, 5.74) is -0.197. The molecule has 0 heterocycles. The number of nitro benzene ring substituents is 1. The van der Waals surface area contributed by atoms with E-state index in [1.54, 1.807) is 12.1 Å². The summed E-state index contributed by atoms with van der Waals surface area (Å²) in [4.78, 5) is 22.4. The van der Waals surface area contributed by atoms with Gasteiger partial charge in [-0.2, -0.15) is 0 Å². The number of para-hydroxylation sites is 1. The molecule has 0 aliphatic heterocycles. The van der Waals surface area contributed by atoms with Gasteiger partial charge < -0.3 is 24.6 Å². The van der Waals surface area contributed by atoms with Crippen LogP contribution in [0.5, 0.6) is 23.0 Å². The van der Waals surface area contributed by atoms with Crippen LogP contribution >= 0.6 is 0 Å². The summed E-state index contributed by atoms with van der Waals surface area (Å²) in [5, 5.41) is 23.4. The van der Waals surface area contributed by atoms with Gasteiger partial charge in [0.1, 0.15) is 17.2 Å². The van der Waals surface area contributed by atoms with Crippen molar-refractivity contribution in [1.82, 2.24) is 5.32 Å². The lowest BCUT2D eigenvalue weighted by Crippen LogP contribution is -2.23. The lowest BCUT2D eigenvalue weighted by Gasteiger charge is -2.15. The molecule has 0 aliphatic rings. The van der Waals surface area contributed by atoms with Gasteiger partial charge in [-0.15, -0.1) is 0 Å². The summed E-state index contributed by atoms with van der Waals surface area (Å²) in [5.74, 6) is 0.0226. The summed E-state index contributed by atoms with van der Waals surface area (Å²) in [6.07, 6.45) is 0. The maximum atomic E-state index is 12.3. The van der Waals surface area contributed by atoms with Gasteiger partial charge in [0.2, 0.25) is 5.75 Å². The number of methoxy groups -OCH3 is 3. The van der Waals surface area contributed by atoms with Crippen LogP contribution in [0.15, 0.2) is 30.3 Å². The zero-order chi connectivity index (χ0) is 19.3. The van der Waals surface area contributed by atoms with Crippen LogP contribution in [0.3, 0.4) is 0 Å². The topological polar surface area (TPSA) is 120 Å². The average molecular weight is 362 g/mol. The summed E-state index contributed by atoms with van der Waals surface area (Å²) in [7, 11) is 4.43. The van der Waals surface area contributed by atoms with Crippen LogP contribution in [0.25, 0.3) is 0 Å². The number of aromatic hydroxyl groups is 1. The van der Waals surface area contributed by atoms with Crippen molar-refractivity contribution in [3.05, 3.63) is 51.6 Å². The van der Waals surface area contributed by atoms with E-state index in [1.807, 2.05) is 0 Å². The Hall–Kier alpha value is -3.49. The molecule has 1 amide bonds. The zero-order valence-corrected chi connectivity index (χ0v) is 14.4. The molecule has 0 saturated carbocycles. The number of phenols is 1. The molecule has 0 bridgehead atoms. The zero-order valence-electron chi connectivity index (χ0n) is 14.4. The number of carbonyl (C=O) groups is 1. The van der Waals surface area contributed by atoms with Crippen LogP contribution in [-0.2, 0) is 6.54 Å². The number of nitrogens with one attached hydrogen (secondary N) is 1. The average Bonchev–Trinajstić information content (AvgIpc) is 2.65. The van der Waals surface area contributed by atoms with E-state index >= 15 is 0 Å². The SMILES string of the molecule is COc1cc(OC)c(CNC(=O)c2cccc([N+](=O)[O-])c2O)c(OC)c1. The van der Waals surface area contributed by atoms with E-state index in [4.69, 9.17) is 14.2 Å². The highest BCUT2D eigenvalue weighted by atomic mass is 16.6. The van der Waals surface area contributed by atoms with Crippen LogP contribution in [0, 0.1) is 10.1 Å². The Labute approximate surface area is 149 Å². The first-order valence-electron chi connectivity index (χ1n) is 7.46. The molecular weight excluding hydrogens is 344 g/mol. The van der Waals surface area contributed by atoms with Gasteiger partial charge in [-0.25, -0.2) is 0 Å². The second kappa shape index (κ2) is 8.06. The fraction of sp³-hybridized carbons (Fsp3) is 0.235. The molecule has 0 aromatic heterocycles. The van der Waals surface area contributed by atoms with Crippen LogP contribution in [0.2, 0.25) is 0 Å². The minimum atomic E-state index is -0.762. The van der Waals surface area contributed by atoms with Gasteiger partial charge in [-0.05, 0) is 6.07 Å². The fourth-order valence-corrected chi connectivity index (χ4v) is 2.38. The third-order valence-corrected chi connectivity index (χ3v) is 3.70. The first-order valence-corrected chi connectivity index (χ1v) is 7.46. The van der Waals surface area contributed by atoms with Gasteiger partial charge in [0.25, 0.3) is 5.91 Å². The minimum absolute atomic E-state index is 0.0112. The maximum absolute atomic E-state index is 12.3. The van der Waals surface area contributed by atoms with Crippen LogP contribution in [0.4, 0.5) is 5.69 Å². The summed E-state index contributed by atoms with van der Waals surface area (Å²) in [6.45, 7) is 0.0112. The lowest BCUT2D eigenvalue weighted by atomic mass is 10.1. The molecule has 0 spiro atoms. The number of nitro groups is 1. The highest BCUT2D eigenvalue weighted by Gasteiger charge is 2.21. The summed E-state index contributed by atoms with van der Waals surface area (Å²) < 4.78 is 15.7. The Morgan fingerprint density at radius 3 is 2.27 bits per heavy atom. The second-order valence-electron chi connectivity index (χ2n) is 5.12. The quantitative estimate of drug-likeness (QED) is 0.572. The number of nitrogens with zero attached hydrogens (tertiary/aromatic N) is 1. The molecule has 0 unspecified atom stereocenters. The molecule has 0 radical (unpaired) electrons. The Balaban J connectivity index is 2.28. The number of rotatable bonds is 7. The molecule has 0 fully saturated rings. The van der Waals surface area contributed by atoms with E-state index in [-0.39, 0.29) is 12.1 Å². The molecule has 2 rings (SSSR count). The van der Waals surface area contributed by atoms with Crippen molar-refractivity contribution in [3.8, 4) is 23.0 Å². The normalized spacial score (nSPS) is 10.1. The second-order valence-corrected chi connectivity index (χ2v) is 5.12. The Kier molecular flexibility index (Phi) is 5.84. The number of carbonyl (C=O) groups excluding carboxylic acids is 1. The van der Waals surface area contributed by atoms with Crippen molar-refractivity contribution >= 4 is 11.6 Å². The van der Waals surface area contributed by atoms with Crippen molar-refractivity contribution in [2.75, 3.05) is 21.3 Å². The Bertz CT molecular complexity index is 811. The first-order chi connectivity index (χ1) is 12.4. The number of phenolic OH excluding ortho intramolecular Hbond substituents is 1. The largest absolute Gasteiger partial charge is 0.502 e. The van der Waals surface area contributed by atoms with Crippen molar-refractivity contribution < 1.29 is 29.0 Å². The molecule has 0 atom stereocenters. The molecule has 2 aromatic carbocycles. The molecule has 0 aliphatic carbocycles. The van der Waals surface area contributed by atoms with Gasteiger partial charge in [-0.1, -0.05) is 6.07 Å². The smallest absolute Gasteiger partial charge is 0.311 e. The monoisotopic (exact) mass is 362 g/mol. The molecule has 138 valence electrons. The van der Waals surface area contributed by atoms with Crippen molar-refractivity contribution in [1.29, 1.82) is 0 Å². The van der Waals surface area contributed by atoms with Crippen LogP contribution < -0.4 is 19.5 Å². The number of benzene rings is 2. The van der Waals surface area contributed by atoms with Crippen LogP contribution in [-0.4, -0.2) is 37.3 Å². The van der Waals surface area contributed by atoms with Gasteiger partial charge >= 0.3 is 5.69 Å². The molecule has 9 heteroatoms. The van der Waals surface area contributed by atoms with Gasteiger partial charge in [0.15, 0.2) is 0 Å². The number of hydrogen-bond acceptors (Lipinski definition) is 7. The molecule has 2 aromatic rings. The molecule has 0 saturated heterocycles. The van der Waals surface area contributed by atoms with Crippen molar-refractivity contribution in [3.63, 3.8) is 0 Å². The summed E-state index contributed by atoms with van der Waals surface area (Å²) in [6, 6.07) is 6.99. The highest BCUT2D eigenvalue weighted by molar-refractivity contribution is 5.98. The number of hydrogen-bond donors (Lipinski definition) is 2. The van der Waals surface area contributed by atoms with Crippen LogP contribution in [0.1, 0.15) is 15.9 Å². The molecule has 2 N–H and O–H groups in total. The number of ether oxygens (including phenoxy) is 3. The molecule has 26 heavy (non-hydrogen) atoms. The maximum Gasteiger partial charge on any atom is 0.311 e. The van der Waals surface area contributed by atoms with Crippen molar-refractivity contribution in [2.45, 2.75) is 6.54 Å². The third-order valence-electron chi connectivity index (χ3n) is 3.70. The van der Waals surface area contributed by atoms with E-state index < -0.39 is 22.3 Å².